The molecule has 0 spiro atoms. The van der Waals surface area contributed by atoms with Gasteiger partial charge in [0.05, 0.1) is 0 Å². The Labute approximate surface area is 118 Å². The van der Waals surface area contributed by atoms with Crippen molar-refractivity contribution in [2.75, 3.05) is 0 Å². The lowest BCUT2D eigenvalue weighted by atomic mass is 10.1. The maximum absolute atomic E-state index is 11.5. The minimum Gasteiger partial charge on any atom is -0.352 e. The maximum atomic E-state index is 11.5. The van der Waals surface area contributed by atoms with E-state index in [1.807, 2.05) is 24.3 Å². The van der Waals surface area contributed by atoms with E-state index in [9.17, 15) is 9.59 Å². The van der Waals surface area contributed by atoms with E-state index in [0.717, 1.165) is 36.8 Å². The smallest absolute Gasteiger partial charge is 0.223 e. The number of amides is 2. The Hall–Kier alpha value is -1.84. The van der Waals surface area contributed by atoms with E-state index in [1.54, 1.807) is 0 Å². The fraction of sp³-hybridized carbons (Fsp3) is 0.500. The van der Waals surface area contributed by atoms with Crippen molar-refractivity contribution in [2.45, 2.75) is 38.8 Å². The molecule has 2 fully saturated rings. The Morgan fingerprint density at radius 1 is 0.800 bits per heavy atom. The third kappa shape index (κ3) is 3.59. The summed E-state index contributed by atoms with van der Waals surface area (Å²) in [6.45, 7) is 1.17. The number of hydrogen-bond donors (Lipinski definition) is 2. The Kier molecular flexibility index (Phi) is 3.72. The quantitative estimate of drug-likeness (QED) is 0.828. The zero-order valence-electron chi connectivity index (χ0n) is 11.5. The summed E-state index contributed by atoms with van der Waals surface area (Å²) in [6, 6.07) is 8.02. The first-order valence-electron chi connectivity index (χ1n) is 7.35. The van der Waals surface area contributed by atoms with Crippen molar-refractivity contribution in [2.24, 2.45) is 11.8 Å². The van der Waals surface area contributed by atoms with Crippen LogP contribution in [-0.4, -0.2) is 11.8 Å². The normalized spacial score (nSPS) is 17.6. The highest BCUT2D eigenvalue weighted by Gasteiger charge is 2.29. The maximum Gasteiger partial charge on any atom is 0.223 e. The second-order valence-corrected chi connectivity index (χ2v) is 5.80. The van der Waals surface area contributed by atoms with E-state index >= 15 is 0 Å². The fourth-order valence-corrected chi connectivity index (χ4v) is 2.13. The first-order chi connectivity index (χ1) is 9.72. The molecule has 20 heavy (non-hydrogen) atoms. The van der Waals surface area contributed by atoms with Crippen LogP contribution in [0.2, 0.25) is 0 Å². The molecule has 0 atom stereocenters. The van der Waals surface area contributed by atoms with Gasteiger partial charge in [-0.25, -0.2) is 0 Å². The van der Waals surface area contributed by atoms with Crippen LogP contribution in [0.1, 0.15) is 36.8 Å². The van der Waals surface area contributed by atoms with Crippen molar-refractivity contribution >= 4 is 11.8 Å². The number of benzene rings is 1. The summed E-state index contributed by atoms with van der Waals surface area (Å²) in [5, 5.41) is 5.89. The van der Waals surface area contributed by atoms with E-state index < -0.39 is 0 Å². The zero-order valence-corrected chi connectivity index (χ0v) is 11.5. The molecule has 1 aromatic carbocycles. The van der Waals surface area contributed by atoms with Gasteiger partial charge in [0.25, 0.3) is 0 Å². The lowest BCUT2D eigenvalue weighted by Crippen LogP contribution is -2.24. The van der Waals surface area contributed by atoms with Crippen LogP contribution < -0.4 is 10.6 Å². The van der Waals surface area contributed by atoms with Gasteiger partial charge in [-0.15, -0.1) is 0 Å². The molecule has 1 aromatic rings. The van der Waals surface area contributed by atoms with E-state index in [1.165, 1.54) is 0 Å². The SMILES string of the molecule is O=C(NCc1ccc(CNC(=O)C2CC2)cc1)C1CC1. The second kappa shape index (κ2) is 5.65. The minimum atomic E-state index is 0.172. The van der Waals surface area contributed by atoms with Gasteiger partial charge in [0.15, 0.2) is 0 Å². The second-order valence-electron chi connectivity index (χ2n) is 5.80. The fourth-order valence-electron chi connectivity index (χ4n) is 2.13. The van der Waals surface area contributed by atoms with Crippen LogP contribution in [0.15, 0.2) is 24.3 Å². The first-order valence-corrected chi connectivity index (χ1v) is 7.35. The molecule has 0 aliphatic heterocycles. The monoisotopic (exact) mass is 272 g/mol. The third-order valence-electron chi connectivity index (χ3n) is 3.85. The summed E-state index contributed by atoms with van der Waals surface area (Å²) in [5.41, 5.74) is 2.19. The molecular weight excluding hydrogens is 252 g/mol. The van der Waals surface area contributed by atoms with Crippen molar-refractivity contribution < 1.29 is 9.59 Å². The molecule has 0 unspecified atom stereocenters. The topological polar surface area (TPSA) is 58.2 Å². The molecule has 106 valence electrons. The number of nitrogens with one attached hydrogen (secondary N) is 2. The first kappa shape index (κ1) is 13.2. The summed E-state index contributed by atoms with van der Waals surface area (Å²) in [7, 11) is 0. The number of rotatable bonds is 6. The molecule has 2 amide bonds. The van der Waals surface area contributed by atoms with Crippen LogP contribution in [-0.2, 0) is 22.7 Å². The van der Waals surface area contributed by atoms with Crippen molar-refractivity contribution in [3.63, 3.8) is 0 Å². The van der Waals surface area contributed by atoms with Crippen molar-refractivity contribution in [1.82, 2.24) is 10.6 Å². The van der Waals surface area contributed by atoms with Gasteiger partial charge in [0.1, 0.15) is 0 Å². The van der Waals surface area contributed by atoms with E-state index in [4.69, 9.17) is 0 Å². The summed E-state index contributed by atoms with van der Waals surface area (Å²) in [6.07, 6.45) is 4.13. The lowest BCUT2D eigenvalue weighted by Gasteiger charge is -2.07. The van der Waals surface area contributed by atoms with Crippen molar-refractivity contribution in [1.29, 1.82) is 0 Å². The van der Waals surface area contributed by atoms with Gasteiger partial charge in [-0.3, -0.25) is 9.59 Å². The van der Waals surface area contributed by atoms with Crippen molar-refractivity contribution in [3.05, 3.63) is 35.4 Å². The molecule has 4 nitrogen and oxygen atoms in total. The van der Waals surface area contributed by atoms with E-state index in [-0.39, 0.29) is 23.7 Å². The van der Waals surface area contributed by atoms with Gasteiger partial charge < -0.3 is 10.6 Å². The highest BCUT2D eigenvalue weighted by atomic mass is 16.2. The summed E-state index contributed by atoms with van der Waals surface area (Å²) >= 11 is 0. The molecule has 0 radical (unpaired) electrons. The van der Waals surface area contributed by atoms with E-state index in [2.05, 4.69) is 10.6 Å². The molecule has 2 aliphatic rings. The average molecular weight is 272 g/mol. The van der Waals surface area contributed by atoms with Gasteiger partial charge >= 0.3 is 0 Å². The van der Waals surface area contributed by atoms with E-state index in [0.29, 0.717) is 13.1 Å². The van der Waals surface area contributed by atoms with Gasteiger partial charge in [-0.05, 0) is 36.8 Å². The Morgan fingerprint density at radius 3 is 1.45 bits per heavy atom. The van der Waals surface area contributed by atoms with Crippen LogP contribution in [0.25, 0.3) is 0 Å². The molecule has 0 bridgehead atoms. The van der Waals surface area contributed by atoms with Crippen LogP contribution in [0.5, 0.6) is 0 Å². The highest BCUT2D eigenvalue weighted by Crippen LogP contribution is 2.29. The number of carbonyl (C=O) groups excluding carboxylic acids is 2. The number of carbonyl (C=O) groups is 2. The van der Waals surface area contributed by atoms with Crippen LogP contribution in [0.4, 0.5) is 0 Å². The predicted molar refractivity (Wildman–Crippen MR) is 75.6 cm³/mol. The highest BCUT2D eigenvalue weighted by molar-refractivity contribution is 5.81. The molecular formula is C16H20N2O2. The summed E-state index contributed by atoms with van der Waals surface area (Å²) < 4.78 is 0. The van der Waals surface area contributed by atoms with Crippen LogP contribution in [0.3, 0.4) is 0 Å². The van der Waals surface area contributed by atoms with Crippen molar-refractivity contribution in [3.8, 4) is 0 Å². The Morgan fingerprint density at radius 2 is 1.15 bits per heavy atom. The zero-order chi connectivity index (χ0) is 13.9. The average Bonchev–Trinajstić information content (AvgIpc) is 3.33. The lowest BCUT2D eigenvalue weighted by molar-refractivity contribution is -0.123. The molecule has 0 saturated heterocycles. The standard InChI is InChI=1S/C16H20N2O2/c19-15(13-5-6-13)17-9-11-1-2-12(4-3-11)10-18-16(20)14-7-8-14/h1-4,13-14H,5-10H2,(H,17,19)(H,18,20). The molecule has 2 N–H and O–H groups in total. The molecule has 0 aromatic heterocycles. The predicted octanol–water partition coefficient (Wildman–Crippen LogP) is 1.74. The molecule has 2 saturated carbocycles. The molecule has 2 aliphatic carbocycles. The molecule has 0 heterocycles. The third-order valence-corrected chi connectivity index (χ3v) is 3.85. The largest absolute Gasteiger partial charge is 0.352 e. The van der Waals surface area contributed by atoms with Gasteiger partial charge in [0.2, 0.25) is 11.8 Å². The number of hydrogen-bond acceptors (Lipinski definition) is 2. The van der Waals surface area contributed by atoms with Crippen LogP contribution in [0, 0.1) is 11.8 Å². The Balaban J connectivity index is 1.43. The minimum absolute atomic E-state index is 0.172. The van der Waals surface area contributed by atoms with Gasteiger partial charge in [0, 0.05) is 24.9 Å². The molecule has 3 rings (SSSR count). The summed E-state index contributed by atoms with van der Waals surface area (Å²) in [5.74, 6) is 0.857. The molecule has 4 heteroatoms. The van der Waals surface area contributed by atoms with Gasteiger partial charge in [-0.1, -0.05) is 24.3 Å². The van der Waals surface area contributed by atoms with Crippen LogP contribution >= 0.6 is 0 Å². The summed E-state index contributed by atoms with van der Waals surface area (Å²) in [4.78, 5) is 23.1. The Bertz CT molecular complexity index is 455. The van der Waals surface area contributed by atoms with Gasteiger partial charge in [-0.2, -0.15) is 0 Å².